The Hall–Kier alpha value is -2.02. The molecule has 0 spiro atoms. The number of halogens is 4. The van der Waals surface area contributed by atoms with Crippen LogP contribution in [0.3, 0.4) is 0 Å². The van der Waals surface area contributed by atoms with Gasteiger partial charge in [0.1, 0.15) is 0 Å². The van der Waals surface area contributed by atoms with Gasteiger partial charge in [0.2, 0.25) is 0 Å². The zero-order valence-corrected chi connectivity index (χ0v) is 13.2. The molecule has 1 amide bonds. The molecule has 0 fully saturated rings. The second-order valence-corrected chi connectivity index (χ2v) is 5.52. The predicted octanol–water partition coefficient (Wildman–Crippen LogP) is 4.07. The summed E-state index contributed by atoms with van der Waals surface area (Å²) in [4.78, 5) is 12.1. The third-order valence-corrected chi connectivity index (χ3v) is 3.56. The van der Waals surface area contributed by atoms with Gasteiger partial charge in [-0.3, -0.25) is 4.79 Å². The molecule has 0 bridgehead atoms. The normalized spacial score (nSPS) is 13.0. The van der Waals surface area contributed by atoms with Gasteiger partial charge in [-0.1, -0.05) is 24.6 Å². The van der Waals surface area contributed by atoms with Gasteiger partial charge in [0.05, 0.1) is 17.4 Å². The minimum absolute atomic E-state index is 0.132. The first-order chi connectivity index (χ1) is 10.7. The van der Waals surface area contributed by atoms with E-state index in [4.69, 9.17) is 11.6 Å². The number of rotatable bonds is 4. The van der Waals surface area contributed by atoms with Gasteiger partial charge in [-0.25, -0.2) is 4.68 Å². The number of hydrogen-bond donors (Lipinski definition) is 1. The van der Waals surface area contributed by atoms with Crippen molar-refractivity contribution in [3.8, 4) is 5.69 Å². The Morgan fingerprint density at radius 3 is 2.70 bits per heavy atom. The zero-order valence-electron chi connectivity index (χ0n) is 12.5. The molecule has 1 aromatic carbocycles. The fourth-order valence-electron chi connectivity index (χ4n) is 1.99. The number of carbonyl (C=O) groups excluding carboxylic acids is 1. The van der Waals surface area contributed by atoms with Crippen molar-refractivity contribution in [2.24, 2.45) is 0 Å². The number of carbonyl (C=O) groups is 1. The molecule has 4 nitrogen and oxygen atoms in total. The van der Waals surface area contributed by atoms with E-state index in [-0.39, 0.29) is 16.8 Å². The second-order valence-electron chi connectivity index (χ2n) is 5.08. The van der Waals surface area contributed by atoms with Gasteiger partial charge in [-0.05, 0) is 31.5 Å². The maximum atomic E-state index is 13.4. The summed E-state index contributed by atoms with van der Waals surface area (Å²) in [5.41, 5.74) is -1.51. The van der Waals surface area contributed by atoms with E-state index in [0.717, 1.165) is 6.20 Å². The lowest BCUT2D eigenvalue weighted by Crippen LogP contribution is -2.33. The van der Waals surface area contributed by atoms with Crippen LogP contribution in [0.2, 0.25) is 5.02 Å². The highest BCUT2D eigenvalue weighted by molar-refractivity contribution is 6.30. The molecule has 124 valence electrons. The first-order valence-corrected chi connectivity index (χ1v) is 7.33. The molecule has 23 heavy (non-hydrogen) atoms. The van der Waals surface area contributed by atoms with Crippen LogP contribution in [-0.4, -0.2) is 21.7 Å². The number of benzene rings is 1. The summed E-state index contributed by atoms with van der Waals surface area (Å²) in [5.74, 6) is -0.806. The van der Waals surface area contributed by atoms with Gasteiger partial charge in [0.15, 0.2) is 5.69 Å². The van der Waals surface area contributed by atoms with Crippen molar-refractivity contribution >= 4 is 17.5 Å². The van der Waals surface area contributed by atoms with Crippen molar-refractivity contribution in [3.63, 3.8) is 0 Å². The summed E-state index contributed by atoms with van der Waals surface area (Å²) < 4.78 is 41.0. The monoisotopic (exact) mass is 345 g/mol. The van der Waals surface area contributed by atoms with E-state index in [2.05, 4.69) is 10.4 Å². The van der Waals surface area contributed by atoms with Crippen molar-refractivity contribution in [1.82, 2.24) is 15.1 Å². The van der Waals surface area contributed by atoms with Crippen LogP contribution < -0.4 is 5.32 Å². The Balaban J connectivity index is 2.52. The highest BCUT2D eigenvalue weighted by Crippen LogP contribution is 2.34. The third-order valence-electron chi connectivity index (χ3n) is 3.32. The van der Waals surface area contributed by atoms with Gasteiger partial charge in [0, 0.05) is 11.1 Å². The molecule has 1 heterocycles. The van der Waals surface area contributed by atoms with E-state index in [0.29, 0.717) is 11.1 Å². The van der Waals surface area contributed by atoms with Crippen molar-refractivity contribution in [2.45, 2.75) is 32.5 Å². The highest BCUT2D eigenvalue weighted by Gasteiger charge is 2.40. The maximum absolute atomic E-state index is 13.4. The standard InChI is InChI=1S/C15H15ClF3N3O/c1-3-9(2)21-14(23)12-8-20-22(13(12)15(17,18)19)11-6-4-5-10(16)7-11/h4-9H,3H2,1-2H3,(H,21,23). The highest BCUT2D eigenvalue weighted by atomic mass is 35.5. The van der Waals surface area contributed by atoms with Gasteiger partial charge in [-0.2, -0.15) is 18.3 Å². The Bertz CT molecular complexity index is 712. The second kappa shape index (κ2) is 6.62. The van der Waals surface area contributed by atoms with Crippen LogP contribution in [0.5, 0.6) is 0 Å². The fourth-order valence-corrected chi connectivity index (χ4v) is 2.18. The third kappa shape index (κ3) is 3.85. The molecule has 0 aliphatic rings. The molecule has 0 aliphatic heterocycles. The molecule has 0 radical (unpaired) electrons. The molecule has 2 aromatic rings. The van der Waals surface area contributed by atoms with Crippen LogP contribution in [0.1, 0.15) is 36.3 Å². The number of amides is 1. The maximum Gasteiger partial charge on any atom is 0.434 e. The lowest BCUT2D eigenvalue weighted by atomic mass is 10.2. The van der Waals surface area contributed by atoms with Crippen molar-refractivity contribution in [3.05, 3.63) is 46.7 Å². The molecule has 0 aliphatic carbocycles. The lowest BCUT2D eigenvalue weighted by molar-refractivity contribution is -0.143. The fraction of sp³-hybridized carbons (Fsp3) is 0.333. The average Bonchev–Trinajstić information content (AvgIpc) is 2.92. The predicted molar refractivity (Wildman–Crippen MR) is 80.8 cm³/mol. The zero-order chi connectivity index (χ0) is 17.2. The quantitative estimate of drug-likeness (QED) is 0.907. The molecule has 2 rings (SSSR count). The molecule has 0 saturated carbocycles. The largest absolute Gasteiger partial charge is 0.434 e. The van der Waals surface area contributed by atoms with Crippen LogP contribution in [0, 0.1) is 0 Å². The van der Waals surface area contributed by atoms with Gasteiger partial charge in [0.25, 0.3) is 5.91 Å². The number of alkyl halides is 3. The molecule has 1 N–H and O–H groups in total. The molecule has 0 saturated heterocycles. The van der Waals surface area contributed by atoms with Crippen molar-refractivity contribution in [1.29, 1.82) is 0 Å². The van der Waals surface area contributed by atoms with E-state index in [1.54, 1.807) is 13.0 Å². The van der Waals surface area contributed by atoms with Crippen LogP contribution in [0.4, 0.5) is 13.2 Å². The SMILES string of the molecule is CCC(C)NC(=O)c1cnn(-c2cccc(Cl)c2)c1C(F)(F)F. The van der Waals surface area contributed by atoms with Crippen LogP contribution in [0.25, 0.3) is 5.69 Å². The number of hydrogen-bond acceptors (Lipinski definition) is 2. The summed E-state index contributed by atoms with van der Waals surface area (Å²) in [5, 5.41) is 6.52. The molecule has 1 atom stereocenters. The Kier molecular flexibility index (Phi) is 4.99. The number of nitrogens with one attached hydrogen (secondary N) is 1. The smallest absolute Gasteiger partial charge is 0.349 e. The van der Waals surface area contributed by atoms with Crippen LogP contribution in [0.15, 0.2) is 30.5 Å². The summed E-state index contributed by atoms with van der Waals surface area (Å²) >= 11 is 5.82. The summed E-state index contributed by atoms with van der Waals surface area (Å²) in [7, 11) is 0. The van der Waals surface area contributed by atoms with Crippen LogP contribution >= 0.6 is 11.6 Å². The van der Waals surface area contributed by atoms with Crippen LogP contribution in [-0.2, 0) is 6.18 Å². The lowest BCUT2D eigenvalue weighted by Gasteiger charge is -2.14. The van der Waals surface area contributed by atoms with Gasteiger partial charge in [-0.15, -0.1) is 0 Å². The van der Waals surface area contributed by atoms with Crippen molar-refractivity contribution < 1.29 is 18.0 Å². The first kappa shape index (κ1) is 17.3. The van der Waals surface area contributed by atoms with E-state index in [1.165, 1.54) is 18.2 Å². The minimum Gasteiger partial charge on any atom is -0.349 e. The Morgan fingerprint density at radius 2 is 2.13 bits per heavy atom. The summed E-state index contributed by atoms with van der Waals surface area (Å²) in [6.07, 6.45) is -3.21. The molecular weight excluding hydrogens is 331 g/mol. The molecule has 1 unspecified atom stereocenters. The van der Waals surface area contributed by atoms with E-state index in [1.807, 2.05) is 6.92 Å². The topological polar surface area (TPSA) is 46.9 Å². The van der Waals surface area contributed by atoms with E-state index in [9.17, 15) is 18.0 Å². The average molecular weight is 346 g/mol. The molecular formula is C15H15ClF3N3O. The van der Waals surface area contributed by atoms with Crippen molar-refractivity contribution in [2.75, 3.05) is 0 Å². The van der Waals surface area contributed by atoms with Gasteiger partial charge >= 0.3 is 6.18 Å². The summed E-state index contributed by atoms with van der Waals surface area (Å²) in [6, 6.07) is 5.60. The van der Waals surface area contributed by atoms with E-state index < -0.39 is 23.3 Å². The molecule has 8 heteroatoms. The van der Waals surface area contributed by atoms with E-state index >= 15 is 0 Å². The summed E-state index contributed by atoms with van der Waals surface area (Å²) in [6.45, 7) is 3.54. The van der Waals surface area contributed by atoms with Gasteiger partial charge < -0.3 is 5.32 Å². The Labute approximate surface area is 136 Å². The molecule has 1 aromatic heterocycles. The minimum atomic E-state index is -4.74. The Morgan fingerprint density at radius 1 is 1.43 bits per heavy atom. The number of nitrogens with zero attached hydrogens (tertiary/aromatic N) is 2. The first-order valence-electron chi connectivity index (χ1n) is 6.96. The number of aromatic nitrogens is 2.